The summed E-state index contributed by atoms with van der Waals surface area (Å²) in [6.07, 6.45) is 7.02. The monoisotopic (exact) mass is 379 g/mol. The fourth-order valence-electron chi connectivity index (χ4n) is 3.95. The van der Waals surface area contributed by atoms with Gasteiger partial charge in [0.2, 0.25) is 10.0 Å². The van der Waals surface area contributed by atoms with Crippen LogP contribution in [0.2, 0.25) is 0 Å². The lowest BCUT2D eigenvalue weighted by Crippen LogP contribution is -2.45. The first-order valence-electron chi connectivity index (χ1n) is 9.52. The van der Waals surface area contributed by atoms with Crippen LogP contribution in [0.15, 0.2) is 29.2 Å². The third-order valence-corrected chi connectivity index (χ3v) is 7.54. The number of nitrogens with zero attached hydrogens (tertiary/aromatic N) is 2. The molecule has 3 rings (SSSR count). The Bertz CT molecular complexity index is 727. The molecule has 26 heavy (non-hydrogen) atoms. The molecule has 1 unspecified atom stereocenters. The Morgan fingerprint density at radius 3 is 2.35 bits per heavy atom. The maximum absolute atomic E-state index is 12.9. The number of likely N-dealkylation sites (tertiary alicyclic amines) is 1. The van der Waals surface area contributed by atoms with Crippen molar-refractivity contribution in [3.63, 3.8) is 0 Å². The molecule has 6 nitrogen and oxygen atoms in total. The molecule has 1 saturated heterocycles. The molecule has 1 saturated carbocycles. The second kappa shape index (κ2) is 8.06. The van der Waals surface area contributed by atoms with Crippen LogP contribution in [0.5, 0.6) is 0 Å². The quantitative estimate of drug-likeness (QED) is 0.869. The van der Waals surface area contributed by atoms with Crippen LogP contribution in [0.25, 0.3) is 0 Å². The highest BCUT2D eigenvalue weighted by atomic mass is 32.2. The summed E-state index contributed by atoms with van der Waals surface area (Å²) >= 11 is 0. The molecule has 1 amide bonds. The molecule has 1 aliphatic carbocycles. The van der Waals surface area contributed by atoms with E-state index in [-0.39, 0.29) is 22.9 Å². The highest BCUT2D eigenvalue weighted by molar-refractivity contribution is 7.89. The molecule has 144 valence electrons. The summed E-state index contributed by atoms with van der Waals surface area (Å²) in [5.74, 6) is -0.0790. The maximum atomic E-state index is 12.9. The van der Waals surface area contributed by atoms with Gasteiger partial charge in [0.15, 0.2) is 0 Å². The molecule has 0 spiro atoms. The van der Waals surface area contributed by atoms with E-state index in [1.54, 1.807) is 36.2 Å². The van der Waals surface area contributed by atoms with Gasteiger partial charge >= 0.3 is 0 Å². The lowest BCUT2D eigenvalue weighted by Gasteiger charge is -2.31. The molecular weight excluding hydrogens is 350 g/mol. The molecule has 1 aromatic rings. The lowest BCUT2D eigenvalue weighted by atomic mass is 9.96. The fourth-order valence-corrected chi connectivity index (χ4v) is 5.37. The minimum absolute atomic E-state index is 0.0245. The Kier molecular flexibility index (Phi) is 5.99. The van der Waals surface area contributed by atoms with Crippen molar-refractivity contribution in [3.8, 4) is 0 Å². The van der Waals surface area contributed by atoms with E-state index >= 15 is 0 Å². The van der Waals surface area contributed by atoms with Gasteiger partial charge in [0.05, 0.1) is 4.90 Å². The zero-order valence-corrected chi connectivity index (χ0v) is 16.2. The number of carbonyl (C=O) groups excluding carboxylic acids is 1. The standard InChI is InChI=1S/C19H29N3O3S/c1-21(17-7-3-2-4-8-17)26(24,25)18-11-9-15(10-12-18)19(23)22-13-5-6-16(20)14-22/h9-12,16-17H,2-8,13-14,20H2,1H3. The number of hydrogen-bond acceptors (Lipinski definition) is 4. The summed E-state index contributed by atoms with van der Waals surface area (Å²) in [6, 6.07) is 6.42. The van der Waals surface area contributed by atoms with Crippen LogP contribution in [0.4, 0.5) is 0 Å². The summed E-state index contributed by atoms with van der Waals surface area (Å²) in [6.45, 7) is 1.26. The average Bonchev–Trinajstić information content (AvgIpc) is 2.67. The van der Waals surface area contributed by atoms with E-state index in [1.807, 2.05) is 0 Å². The highest BCUT2D eigenvalue weighted by Gasteiger charge is 2.29. The highest BCUT2D eigenvalue weighted by Crippen LogP contribution is 2.26. The Labute approximate surface area is 156 Å². The summed E-state index contributed by atoms with van der Waals surface area (Å²) in [4.78, 5) is 14.6. The molecule has 2 N–H and O–H groups in total. The van der Waals surface area contributed by atoms with E-state index in [9.17, 15) is 13.2 Å². The number of rotatable bonds is 4. The molecule has 2 aliphatic rings. The Morgan fingerprint density at radius 1 is 1.08 bits per heavy atom. The fraction of sp³-hybridized carbons (Fsp3) is 0.632. The zero-order chi connectivity index (χ0) is 18.7. The van der Waals surface area contributed by atoms with Crippen LogP contribution in [0, 0.1) is 0 Å². The normalized spacial score (nSPS) is 22.6. The first-order chi connectivity index (χ1) is 12.4. The van der Waals surface area contributed by atoms with Crippen molar-refractivity contribution in [3.05, 3.63) is 29.8 Å². The zero-order valence-electron chi connectivity index (χ0n) is 15.4. The van der Waals surface area contributed by atoms with Crippen LogP contribution >= 0.6 is 0 Å². The van der Waals surface area contributed by atoms with Gasteiger partial charge < -0.3 is 10.6 Å². The van der Waals surface area contributed by atoms with Crippen LogP contribution in [-0.4, -0.2) is 55.8 Å². The van der Waals surface area contributed by atoms with E-state index in [1.165, 1.54) is 10.7 Å². The largest absolute Gasteiger partial charge is 0.337 e. The van der Waals surface area contributed by atoms with E-state index in [0.717, 1.165) is 38.5 Å². The van der Waals surface area contributed by atoms with Crippen LogP contribution in [0.3, 0.4) is 0 Å². The van der Waals surface area contributed by atoms with Gasteiger partial charge in [-0.15, -0.1) is 0 Å². The topological polar surface area (TPSA) is 83.7 Å². The Hall–Kier alpha value is -1.44. The van der Waals surface area contributed by atoms with Crippen molar-refractivity contribution in [2.24, 2.45) is 5.73 Å². The Morgan fingerprint density at radius 2 is 1.73 bits per heavy atom. The van der Waals surface area contributed by atoms with Crippen LogP contribution in [-0.2, 0) is 10.0 Å². The van der Waals surface area contributed by atoms with Gasteiger partial charge in [-0.05, 0) is 49.9 Å². The van der Waals surface area contributed by atoms with E-state index in [0.29, 0.717) is 18.7 Å². The van der Waals surface area contributed by atoms with Crippen LogP contribution < -0.4 is 5.73 Å². The van der Waals surface area contributed by atoms with Gasteiger partial charge in [-0.25, -0.2) is 8.42 Å². The summed E-state index contributed by atoms with van der Waals surface area (Å²) < 4.78 is 27.2. The predicted octanol–water partition coefficient (Wildman–Crippen LogP) is 2.20. The molecule has 1 heterocycles. The number of carbonyl (C=O) groups is 1. The van der Waals surface area contributed by atoms with Crippen molar-refractivity contribution >= 4 is 15.9 Å². The number of benzene rings is 1. The number of piperidine rings is 1. The minimum Gasteiger partial charge on any atom is -0.337 e. The number of hydrogen-bond donors (Lipinski definition) is 1. The number of sulfonamides is 1. The van der Waals surface area contributed by atoms with Gasteiger partial charge in [0.25, 0.3) is 5.91 Å². The molecule has 0 bridgehead atoms. The number of amides is 1. The second-order valence-electron chi connectivity index (χ2n) is 7.49. The third-order valence-electron chi connectivity index (χ3n) is 5.61. The molecule has 7 heteroatoms. The molecule has 1 aliphatic heterocycles. The van der Waals surface area contributed by atoms with Gasteiger partial charge in [0.1, 0.15) is 0 Å². The summed E-state index contributed by atoms with van der Waals surface area (Å²) in [7, 11) is -1.86. The molecule has 0 aromatic heterocycles. The first kappa shape index (κ1) is 19.3. The minimum atomic E-state index is -3.53. The van der Waals surface area contributed by atoms with Gasteiger partial charge in [-0.3, -0.25) is 4.79 Å². The van der Waals surface area contributed by atoms with E-state index < -0.39 is 10.0 Å². The van der Waals surface area contributed by atoms with Gasteiger partial charge in [-0.2, -0.15) is 4.31 Å². The molecule has 2 fully saturated rings. The van der Waals surface area contributed by atoms with Gasteiger partial charge in [0, 0.05) is 37.8 Å². The molecule has 1 aromatic carbocycles. The Balaban J connectivity index is 1.72. The molecule has 1 atom stereocenters. The number of nitrogens with two attached hydrogens (primary N) is 1. The second-order valence-corrected chi connectivity index (χ2v) is 9.49. The average molecular weight is 380 g/mol. The van der Waals surface area contributed by atoms with Crippen molar-refractivity contribution in [1.29, 1.82) is 0 Å². The van der Waals surface area contributed by atoms with E-state index in [4.69, 9.17) is 5.73 Å². The molecule has 0 radical (unpaired) electrons. The van der Waals surface area contributed by atoms with Crippen LogP contribution in [0.1, 0.15) is 55.3 Å². The lowest BCUT2D eigenvalue weighted by molar-refractivity contribution is 0.0708. The van der Waals surface area contributed by atoms with Crippen molar-refractivity contribution in [2.75, 3.05) is 20.1 Å². The van der Waals surface area contributed by atoms with Crippen molar-refractivity contribution in [2.45, 2.75) is 61.9 Å². The molecular formula is C19H29N3O3S. The van der Waals surface area contributed by atoms with E-state index in [2.05, 4.69) is 0 Å². The predicted molar refractivity (Wildman–Crippen MR) is 101 cm³/mol. The summed E-state index contributed by atoms with van der Waals surface area (Å²) in [5.41, 5.74) is 6.46. The van der Waals surface area contributed by atoms with Crippen molar-refractivity contribution < 1.29 is 13.2 Å². The summed E-state index contributed by atoms with van der Waals surface area (Å²) in [5, 5.41) is 0. The smallest absolute Gasteiger partial charge is 0.253 e. The third kappa shape index (κ3) is 4.10. The first-order valence-corrected chi connectivity index (χ1v) is 11.0. The van der Waals surface area contributed by atoms with Crippen molar-refractivity contribution in [1.82, 2.24) is 9.21 Å². The maximum Gasteiger partial charge on any atom is 0.253 e. The SMILES string of the molecule is CN(C1CCCCC1)S(=O)(=O)c1ccc(C(=O)N2CCCC(N)C2)cc1. The van der Waals surface area contributed by atoms with Gasteiger partial charge in [-0.1, -0.05) is 19.3 Å².